The van der Waals surface area contributed by atoms with Crippen molar-refractivity contribution in [1.82, 2.24) is 5.32 Å². The summed E-state index contributed by atoms with van der Waals surface area (Å²) in [4.78, 5) is 37.6. The van der Waals surface area contributed by atoms with Crippen molar-refractivity contribution in [3.8, 4) is 0 Å². The van der Waals surface area contributed by atoms with Crippen molar-refractivity contribution in [2.75, 3.05) is 40.9 Å². The Labute approximate surface area is 446 Å². The number of ether oxygens (including phenoxy) is 1. The molecule has 0 saturated heterocycles. The zero-order valence-corrected chi connectivity index (χ0v) is 49.3. The molecule has 0 radical (unpaired) electrons. The van der Waals surface area contributed by atoms with Crippen LogP contribution in [0.3, 0.4) is 0 Å². The summed E-state index contributed by atoms with van der Waals surface area (Å²) in [6.07, 6.45) is 62.9. The molecule has 0 rings (SSSR count). The number of allylic oxidation sites excluding steroid dienone is 5. The third-order valence-corrected chi connectivity index (χ3v) is 14.8. The molecular formula is C62H120N2O7P+. The number of phosphoric ester groups is 1. The van der Waals surface area contributed by atoms with E-state index in [4.69, 9.17) is 13.8 Å². The Morgan fingerprint density at radius 2 is 0.889 bits per heavy atom. The first-order chi connectivity index (χ1) is 34.9. The van der Waals surface area contributed by atoms with Crippen LogP contribution in [-0.2, 0) is 27.9 Å². The van der Waals surface area contributed by atoms with Crippen molar-refractivity contribution < 1.29 is 37.3 Å². The molecule has 72 heavy (non-hydrogen) atoms. The highest BCUT2D eigenvalue weighted by Crippen LogP contribution is 2.43. The molecule has 0 saturated carbocycles. The maximum Gasteiger partial charge on any atom is 0.472 e. The molecule has 0 aliphatic heterocycles. The molecule has 0 aromatic carbocycles. The first-order valence-electron chi connectivity index (χ1n) is 30.8. The molecule has 0 aromatic rings. The molecule has 2 N–H and O–H groups in total. The number of quaternary nitrogens is 1. The van der Waals surface area contributed by atoms with E-state index < -0.39 is 20.0 Å². The number of carbonyl (C=O) groups is 2. The van der Waals surface area contributed by atoms with E-state index in [1.807, 2.05) is 33.3 Å². The predicted octanol–water partition coefficient (Wildman–Crippen LogP) is 18.7. The Morgan fingerprint density at radius 1 is 0.500 bits per heavy atom. The van der Waals surface area contributed by atoms with Crippen molar-refractivity contribution in [3.05, 3.63) is 36.5 Å². The quantitative estimate of drug-likeness (QED) is 0.0205. The van der Waals surface area contributed by atoms with Crippen molar-refractivity contribution in [2.24, 2.45) is 0 Å². The fraction of sp³-hybridized carbons (Fsp3) is 0.871. The van der Waals surface area contributed by atoms with E-state index in [-0.39, 0.29) is 25.1 Å². The molecule has 0 aliphatic carbocycles. The second kappa shape index (κ2) is 52.7. The van der Waals surface area contributed by atoms with Crippen molar-refractivity contribution in [1.29, 1.82) is 0 Å². The van der Waals surface area contributed by atoms with E-state index in [9.17, 15) is 19.0 Å². The number of rotatable bonds is 56. The molecule has 9 nitrogen and oxygen atoms in total. The summed E-state index contributed by atoms with van der Waals surface area (Å²) < 4.78 is 30.7. The van der Waals surface area contributed by atoms with Gasteiger partial charge in [-0.3, -0.25) is 18.6 Å². The smallest absolute Gasteiger partial charge is 0.456 e. The van der Waals surface area contributed by atoms with Crippen LogP contribution < -0.4 is 5.32 Å². The van der Waals surface area contributed by atoms with E-state index in [2.05, 4.69) is 50.4 Å². The monoisotopic (exact) mass is 1040 g/mol. The average Bonchev–Trinajstić information content (AvgIpc) is 3.34. The Morgan fingerprint density at radius 3 is 1.32 bits per heavy atom. The molecule has 0 fully saturated rings. The van der Waals surface area contributed by atoms with Gasteiger partial charge in [0.05, 0.1) is 33.8 Å². The summed E-state index contributed by atoms with van der Waals surface area (Å²) in [5.74, 6) is -0.503. The van der Waals surface area contributed by atoms with Crippen LogP contribution in [0.15, 0.2) is 36.5 Å². The molecule has 0 aromatic heterocycles. The van der Waals surface area contributed by atoms with Crippen molar-refractivity contribution in [3.63, 3.8) is 0 Å². The second-order valence-corrected chi connectivity index (χ2v) is 23.7. The third kappa shape index (κ3) is 53.1. The van der Waals surface area contributed by atoms with Crippen molar-refractivity contribution in [2.45, 2.75) is 309 Å². The average molecular weight is 1040 g/mol. The largest absolute Gasteiger partial charge is 0.472 e. The number of esters is 1. The predicted molar refractivity (Wildman–Crippen MR) is 309 cm³/mol. The minimum atomic E-state index is -4.44. The molecule has 3 unspecified atom stereocenters. The number of hydrogen-bond acceptors (Lipinski definition) is 6. The lowest BCUT2D eigenvalue weighted by Crippen LogP contribution is -2.47. The van der Waals surface area contributed by atoms with Crippen LogP contribution in [0.4, 0.5) is 0 Å². The fourth-order valence-corrected chi connectivity index (χ4v) is 9.83. The fourth-order valence-electron chi connectivity index (χ4n) is 9.10. The molecular weight excluding hydrogens is 916 g/mol. The van der Waals surface area contributed by atoms with Crippen LogP contribution >= 0.6 is 7.82 Å². The Kier molecular flexibility index (Phi) is 51.4. The van der Waals surface area contributed by atoms with Crippen molar-refractivity contribution >= 4 is 19.7 Å². The maximum absolute atomic E-state index is 13.5. The summed E-state index contributed by atoms with van der Waals surface area (Å²) in [5, 5.41) is 3.05. The molecule has 0 spiro atoms. The Hall–Kier alpha value is -1.77. The van der Waals surface area contributed by atoms with Crippen LogP contribution in [0, 0.1) is 0 Å². The van der Waals surface area contributed by atoms with Gasteiger partial charge in [-0.25, -0.2) is 4.57 Å². The van der Waals surface area contributed by atoms with Crippen LogP contribution in [0.1, 0.15) is 297 Å². The van der Waals surface area contributed by atoms with Gasteiger partial charge in [-0.05, 0) is 57.4 Å². The van der Waals surface area contributed by atoms with E-state index in [1.165, 1.54) is 180 Å². The third-order valence-electron chi connectivity index (χ3n) is 13.8. The molecule has 10 heteroatoms. The van der Waals surface area contributed by atoms with Gasteiger partial charge in [0.15, 0.2) is 0 Å². The van der Waals surface area contributed by atoms with Gasteiger partial charge in [0.2, 0.25) is 5.91 Å². The normalized spacial score (nSPS) is 13.9. The van der Waals surface area contributed by atoms with Gasteiger partial charge in [0.1, 0.15) is 19.3 Å². The van der Waals surface area contributed by atoms with E-state index in [1.54, 1.807) is 0 Å². The lowest BCUT2D eigenvalue weighted by molar-refractivity contribution is -0.870. The number of hydrogen-bond donors (Lipinski definition) is 2. The SMILES string of the molecule is CC/C=C/C/C=C/CCCCCCCCCC(=O)NC(COP(=O)(O)OCC[N+](C)(C)C)C(/C=C\CCCCCCCCCCC)OC(=O)CCCCCCCCCCCCCCCCCCCCCCC. The molecule has 424 valence electrons. The highest BCUT2D eigenvalue weighted by Gasteiger charge is 2.30. The van der Waals surface area contributed by atoms with Gasteiger partial charge >= 0.3 is 13.8 Å². The summed E-state index contributed by atoms with van der Waals surface area (Å²) in [5.41, 5.74) is 0. The topological polar surface area (TPSA) is 111 Å². The standard InChI is InChI=1S/C62H119N2O7P/c1-7-10-13-16-19-22-25-27-29-30-31-32-33-34-35-37-40-43-46-49-52-55-62(66)71-60(53-50-47-44-41-38-24-21-18-15-12-9-3)59(58-70-72(67,68)69-57-56-64(4,5)6)63-61(65)54-51-48-45-42-39-36-28-26-23-20-17-14-11-8-2/h11,14,20,23,50,53,59-60H,7-10,12-13,15-19,21-22,24-49,51-52,54-58H2,1-6H3,(H-,63,65,67,68)/p+1/b14-11+,23-20+,53-50-. The van der Waals surface area contributed by atoms with E-state index in [0.29, 0.717) is 23.9 Å². The van der Waals surface area contributed by atoms with Gasteiger partial charge in [-0.15, -0.1) is 0 Å². The highest BCUT2D eigenvalue weighted by molar-refractivity contribution is 7.47. The van der Waals surface area contributed by atoms with Gasteiger partial charge in [-0.1, -0.05) is 263 Å². The summed E-state index contributed by atoms with van der Waals surface area (Å²) >= 11 is 0. The molecule has 0 heterocycles. The van der Waals surface area contributed by atoms with Crippen LogP contribution in [0.2, 0.25) is 0 Å². The molecule has 1 amide bonds. The van der Waals surface area contributed by atoms with E-state index in [0.717, 1.165) is 83.5 Å². The second-order valence-electron chi connectivity index (χ2n) is 22.2. The zero-order valence-electron chi connectivity index (χ0n) is 48.4. The first kappa shape index (κ1) is 70.2. The summed E-state index contributed by atoms with van der Waals surface area (Å²) in [6, 6.07) is -0.847. The van der Waals surface area contributed by atoms with Crippen LogP contribution in [0.5, 0.6) is 0 Å². The number of phosphoric acid groups is 1. The minimum Gasteiger partial charge on any atom is -0.456 e. The number of amides is 1. The number of carbonyl (C=O) groups excluding carboxylic acids is 2. The summed E-state index contributed by atoms with van der Waals surface area (Å²) in [7, 11) is 1.50. The summed E-state index contributed by atoms with van der Waals surface area (Å²) in [6.45, 7) is 6.93. The van der Waals surface area contributed by atoms with Gasteiger partial charge < -0.3 is 19.4 Å². The molecule has 0 aliphatic rings. The number of nitrogens with one attached hydrogen (secondary N) is 1. The first-order valence-corrected chi connectivity index (χ1v) is 32.3. The number of likely N-dealkylation sites (N-methyl/N-ethyl adjacent to an activating group) is 1. The maximum atomic E-state index is 13.5. The lowest BCUT2D eigenvalue weighted by atomic mass is 10.0. The van der Waals surface area contributed by atoms with Crippen LogP contribution in [0.25, 0.3) is 0 Å². The molecule has 3 atom stereocenters. The molecule has 0 bridgehead atoms. The Balaban J connectivity index is 5.15. The number of nitrogens with zero attached hydrogens (tertiary/aromatic N) is 1. The van der Waals surface area contributed by atoms with Crippen LogP contribution in [-0.4, -0.2) is 74.3 Å². The van der Waals surface area contributed by atoms with Gasteiger partial charge in [0, 0.05) is 12.8 Å². The zero-order chi connectivity index (χ0) is 52.9. The Bertz CT molecular complexity index is 1330. The number of unbranched alkanes of at least 4 members (excludes halogenated alkanes) is 36. The van der Waals surface area contributed by atoms with E-state index >= 15 is 0 Å². The highest BCUT2D eigenvalue weighted by atomic mass is 31.2. The lowest BCUT2D eigenvalue weighted by Gasteiger charge is -2.27. The van der Waals surface area contributed by atoms with Gasteiger partial charge in [-0.2, -0.15) is 0 Å². The minimum absolute atomic E-state index is 0.0405. The van der Waals surface area contributed by atoms with Gasteiger partial charge in [0.25, 0.3) is 0 Å².